The van der Waals surface area contributed by atoms with Gasteiger partial charge in [-0.15, -0.1) is 0 Å². The number of carboxylic acid groups (broad SMARTS) is 1. The minimum atomic E-state index is -5.08. The summed E-state index contributed by atoms with van der Waals surface area (Å²) >= 11 is 0. The van der Waals surface area contributed by atoms with E-state index >= 15 is 0 Å². The van der Waals surface area contributed by atoms with Gasteiger partial charge in [0.25, 0.3) is 0 Å². The van der Waals surface area contributed by atoms with Crippen molar-refractivity contribution in [2.24, 2.45) is 5.92 Å². The van der Waals surface area contributed by atoms with Gasteiger partial charge in [-0.3, -0.25) is 9.59 Å². The zero-order valence-electron chi connectivity index (χ0n) is 19.5. The molecular weight excluding hydrogens is 463 g/mol. The lowest BCUT2D eigenvalue weighted by Crippen LogP contribution is -2.55. The Morgan fingerprint density at radius 2 is 1.66 bits per heavy atom. The van der Waals surface area contributed by atoms with E-state index in [1.807, 2.05) is 23.1 Å². The van der Waals surface area contributed by atoms with Gasteiger partial charge in [0.2, 0.25) is 11.8 Å². The summed E-state index contributed by atoms with van der Waals surface area (Å²) in [7, 11) is 0. The highest BCUT2D eigenvalue weighted by Crippen LogP contribution is 2.28. The first-order valence-electron chi connectivity index (χ1n) is 12.0. The first-order valence-corrected chi connectivity index (χ1v) is 12.0. The van der Waals surface area contributed by atoms with Crippen molar-refractivity contribution < 1.29 is 32.7 Å². The Bertz CT molecular complexity index is 900. The third-order valence-corrected chi connectivity index (χ3v) is 6.65. The van der Waals surface area contributed by atoms with Crippen LogP contribution in [0.15, 0.2) is 36.4 Å². The molecule has 1 aromatic rings. The summed E-state index contributed by atoms with van der Waals surface area (Å²) in [6.45, 7) is 2.26. The predicted octanol–water partition coefficient (Wildman–Crippen LogP) is 3.54. The lowest BCUT2D eigenvalue weighted by atomic mass is 9.84. The number of benzene rings is 1. The molecule has 3 N–H and O–H groups in total. The number of hydrogen-bond donors (Lipinski definition) is 3. The van der Waals surface area contributed by atoms with Crippen LogP contribution in [-0.2, 0) is 27.5 Å². The van der Waals surface area contributed by atoms with Crippen LogP contribution in [-0.4, -0.2) is 52.6 Å². The van der Waals surface area contributed by atoms with Crippen molar-refractivity contribution in [1.29, 1.82) is 0 Å². The van der Waals surface area contributed by atoms with Gasteiger partial charge < -0.3 is 20.6 Å². The number of rotatable bonds is 6. The Morgan fingerprint density at radius 1 is 1.09 bits per heavy atom. The number of carbonyl (C=O) groups excluding carboxylic acids is 2. The molecule has 35 heavy (non-hydrogen) atoms. The Morgan fingerprint density at radius 3 is 2.14 bits per heavy atom. The number of nitrogens with one attached hydrogen (secondary N) is 2. The van der Waals surface area contributed by atoms with Crippen molar-refractivity contribution in [3.05, 3.63) is 47.5 Å². The normalized spacial score (nSPS) is 20.9. The van der Waals surface area contributed by atoms with Gasteiger partial charge in [-0.25, -0.2) is 4.79 Å². The summed E-state index contributed by atoms with van der Waals surface area (Å²) in [5.74, 6) is -2.02. The Labute approximate surface area is 202 Å². The fourth-order valence-electron chi connectivity index (χ4n) is 4.56. The molecule has 2 atom stereocenters. The van der Waals surface area contributed by atoms with E-state index in [2.05, 4.69) is 22.8 Å². The largest absolute Gasteiger partial charge is 0.490 e. The third kappa shape index (κ3) is 8.09. The molecule has 2 amide bonds. The molecule has 0 bridgehead atoms. The summed E-state index contributed by atoms with van der Waals surface area (Å²) in [6, 6.07) is 8.09. The molecular formula is C25H32F3N3O4. The van der Waals surface area contributed by atoms with Gasteiger partial charge >= 0.3 is 12.1 Å². The number of alkyl halides is 3. The van der Waals surface area contributed by atoms with Crippen LogP contribution in [0.25, 0.3) is 0 Å². The summed E-state index contributed by atoms with van der Waals surface area (Å²) < 4.78 is 31.7. The maximum Gasteiger partial charge on any atom is 0.490 e. The lowest BCUT2D eigenvalue weighted by Gasteiger charge is -2.30. The van der Waals surface area contributed by atoms with Gasteiger partial charge in [0.05, 0.1) is 6.04 Å². The molecule has 0 unspecified atom stereocenters. The lowest BCUT2D eigenvalue weighted by molar-refractivity contribution is -0.192. The van der Waals surface area contributed by atoms with Gasteiger partial charge in [0.15, 0.2) is 0 Å². The molecule has 3 aliphatic rings. The number of amides is 2. The molecule has 1 aliphatic carbocycles. The van der Waals surface area contributed by atoms with Gasteiger partial charge in [-0.05, 0) is 36.4 Å². The average molecular weight is 496 g/mol. The van der Waals surface area contributed by atoms with E-state index in [-0.39, 0.29) is 23.9 Å². The second kappa shape index (κ2) is 12.2. The minimum absolute atomic E-state index is 0.0286. The smallest absolute Gasteiger partial charge is 0.475 e. The highest BCUT2D eigenvalue weighted by atomic mass is 19.4. The topological polar surface area (TPSA) is 98.7 Å². The molecule has 2 aliphatic heterocycles. The van der Waals surface area contributed by atoms with Crippen molar-refractivity contribution in [2.45, 2.75) is 76.3 Å². The molecule has 192 valence electrons. The van der Waals surface area contributed by atoms with Crippen LogP contribution in [0.2, 0.25) is 0 Å². The maximum atomic E-state index is 12.7. The van der Waals surface area contributed by atoms with E-state index in [0.717, 1.165) is 19.4 Å². The number of halogens is 3. The molecule has 2 fully saturated rings. The number of carboxylic acids is 1. The van der Waals surface area contributed by atoms with Gasteiger partial charge in [0, 0.05) is 25.2 Å². The minimum Gasteiger partial charge on any atom is -0.475 e. The van der Waals surface area contributed by atoms with Gasteiger partial charge in [-0.1, -0.05) is 62.4 Å². The number of fused-ring (bicyclic) bond motifs is 1. The molecule has 4 rings (SSSR count). The van der Waals surface area contributed by atoms with Crippen molar-refractivity contribution in [3.63, 3.8) is 0 Å². The van der Waals surface area contributed by atoms with Crippen LogP contribution in [0.3, 0.4) is 0 Å². The van der Waals surface area contributed by atoms with Crippen LogP contribution < -0.4 is 10.6 Å². The molecule has 0 aromatic heterocycles. The summed E-state index contributed by atoms with van der Waals surface area (Å²) in [5.41, 5.74) is 2.46. The average Bonchev–Trinajstić information content (AvgIpc) is 3.21. The fraction of sp³-hybridized carbons (Fsp3) is 0.560. The Kier molecular flexibility index (Phi) is 9.31. The predicted molar refractivity (Wildman–Crippen MR) is 123 cm³/mol. The van der Waals surface area contributed by atoms with Crippen LogP contribution in [0.4, 0.5) is 13.2 Å². The zero-order chi connectivity index (χ0) is 25.4. The summed E-state index contributed by atoms with van der Waals surface area (Å²) in [4.78, 5) is 35.9. The van der Waals surface area contributed by atoms with Gasteiger partial charge in [0.1, 0.15) is 0 Å². The van der Waals surface area contributed by atoms with Crippen molar-refractivity contribution in [2.75, 3.05) is 6.54 Å². The SMILES string of the molecule is O=C(N[C@H](C=CC(=O)N1Cc2ccccc2C1)CC1CCCCC1)[C@@H]1CCN1.O=C(O)C(F)(F)F. The van der Waals surface area contributed by atoms with E-state index in [0.29, 0.717) is 19.0 Å². The quantitative estimate of drug-likeness (QED) is 0.525. The highest BCUT2D eigenvalue weighted by Gasteiger charge is 2.38. The van der Waals surface area contributed by atoms with Gasteiger partial charge in [-0.2, -0.15) is 13.2 Å². The Hall–Kier alpha value is -2.88. The first-order chi connectivity index (χ1) is 16.6. The second-order valence-corrected chi connectivity index (χ2v) is 9.28. The fourth-order valence-corrected chi connectivity index (χ4v) is 4.56. The van der Waals surface area contributed by atoms with E-state index in [9.17, 15) is 22.8 Å². The molecule has 1 saturated heterocycles. The van der Waals surface area contributed by atoms with Crippen LogP contribution in [0.5, 0.6) is 0 Å². The standard InChI is InChI=1S/C23H31N3O2.C2HF3O2/c27-22(26-15-18-8-4-5-9-19(18)16-26)11-10-20(14-17-6-2-1-3-7-17)25-23(28)21-12-13-24-21;3-2(4,5)1(6)7/h4-5,8-11,17,20-21,24H,1-3,6-7,12-16H2,(H,25,28);(H,6,7)/t20-,21+;/m1./s1. The maximum absolute atomic E-state index is 12.7. The molecule has 1 saturated carbocycles. The van der Waals surface area contributed by atoms with E-state index in [1.54, 1.807) is 6.08 Å². The molecule has 7 nitrogen and oxygen atoms in total. The molecule has 1 aromatic carbocycles. The van der Waals surface area contributed by atoms with Crippen LogP contribution in [0, 0.1) is 5.92 Å². The molecule has 2 heterocycles. The Balaban J connectivity index is 0.000000429. The molecule has 0 radical (unpaired) electrons. The van der Waals surface area contributed by atoms with E-state index < -0.39 is 12.1 Å². The first kappa shape index (κ1) is 26.7. The molecule has 10 heteroatoms. The summed E-state index contributed by atoms with van der Waals surface area (Å²) in [6.07, 6.45) is 6.70. The monoisotopic (exact) mass is 495 g/mol. The number of hydrogen-bond acceptors (Lipinski definition) is 4. The highest BCUT2D eigenvalue weighted by molar-refractivity contribution is 5.88. The van der Waals surface area contributed by atoms with E-state index in [4.69, 9.17) is 9.90 Å². The van der Waals surface area contributed by atoms with Crippen molar-refractivity contribution in [1.82, 2.24) is 15.5 Å². The number of aliphatic carboxylic acids is 1. The second-order valence-electron chi connectivity index (χ2n) is 9.28. The van der Waals surface area contributed by atoms with E-state index in [1.165, 1.54) is 43.2 Å². The third-order valence-electron chi connectivity index (χ3n) is 6.65. The number of carbonyl (C=O) groups is 3. The van der Waals surface area contributed by atoms with Crippen molar-refractivity contribution >= 4 is 17.8 Å². The van der Waals surface area contributed by atoms with Crippen LogP contribution >= 0.6 is 0 Å². The zero-order valence-corrected chi connectivity index (χ0v) is 19.5. The molecule has 0 spiro atoms. The number of nitrogens with zero attached hydrogens (tertiary/aromatic N) is 1. The summed E-state index contributed by atoms with van der Waals surface area (Å²) in [5, 5.41) is 13.5. The van der Waals surface area contributed by atoms with Crippen LogP contribution in [0.1, 0.15) is 56.1 Å². The van der Waals surface area contributed by atoms with Crippen molar-refractivity contribution in [3.8, 4) is 0 Å².